The summed E-state index contributed by atoms with van der Waals surface area (Å²) in [6.07, 6.45) is -6.80. The van der Waals surface area contributed by atoms with Crippen molar-refractivity contribution in [3.05, 3.63) is 34.9 Å². The molecule has 2 amide bonds. The van der Waals surface area contributed by atoms with E-state index in [1.807, 2.05) is 0 Å². The minimum absolute atomic E-state index is 0.0130. The van der Waals surface area contributed by atoms with Crippen molar-refractivity contribution in [3.8, 4) is 0 Å². The number of ketones is 1. The molecule has 0 radical (unpaired) electrons. The van der Waals surface area contributed by atoms with Gasteiger partial charge in [0.05, 0.1) is 11.1 Å². The van der Waals surface area contributed by atoms with Gasteiger partial charge in [0.1, 0.15) is 16.9 Å². The van der Waals surface area contributed by atoms with Crippen molar-refractivity contribution in [2.45, 2.75) is 102 Å². The van der Waals surface area contributed by atoms with Crippen LogP contribution in [0.15, 0.2) is 18.2 Å². The number of alkyl carbamates (subject to hydrolysis) is 1. The molecule has 0 bridgehead atoms. The molecule has 1 N–H and O–H groups in total. The Kier molecular flexibility index (Phi) is 9.51. The highest BCUT2D eigenvalue weighted by molar-refractivity contribution is 5.90. The third-order valence-corrected chi connectivity index (χ3v) is 7.32. The number of piperidine rings is 1. The fourth-order valence-corrected chi connectivity index (χ4v) is 5.43. The molecule has 0 spiro atoms. The maximum atomic E-state index is 13.6. The zero-order valence-electron chi connectivity index (χ0n) is 22.9. The molecule has 6 nitrogen and oxygen atoms in total. The van der Waals surface area contributed by atoms with E-state index in [0.29, 0.717) is 50.9 Å². The van der Waals surface area contributed by atoms with Crippen molar-refractivity contribution in [2.24, 2.45) is 5.92 Å². The van der Waals surface area contributed by atoms with Gasteiger partial charge in [-0.2, -0.15) is 26.3 Å². The summed E-state index contributed by atoms with van der Waals surface area (Å²) in [6.45, 7) is 5.86. The first kappa shape index (κ1) is 31.7. The van der Waals surface area contributed by atoms with Crippen LogP contribution in [0.25, 0.3) is 0 Å². The smallest absolute Gasteiger partial charge is 0.416 e. The summed E-state index contributed by atoms with van der Waals surface area (Å²) in [4.78, 5) is 40.4. The van der Waals surface area contributed by atoms with E-state index in [-0.39, 0.29) is 29.9 Å². The summed E-state index contributed by atoms with van der Waals surface area (Å²) in [6, 6.07) is 1.20. The lowest BCUT2D eigenvalue weighted by Gasteiger charge is -2.42. The predicted octanol–water partition coefficient (Wildman–Crippen LogP) is 6.69. The normalized spacial score (nSPS) is 18.8. The number of carbonyl (C=O) groups is 3. The van der Waals surface area contributed by atoms with Crippen LogP contribution >= 0.6 is 0 Å². The SMILES string of the molecule is CC(C)(C)OC(=O)NC1(C(=O)N2CCC(CC(=O)Cc3cc(C(F)(F)F)cc(C(F)(F)F)c3)CC2)CCCCC1. The van der Waals surface area contributed by atoms with E-state index in [1.54, 1.807) is 25.7 Å². The lowest BCUT2D eigenvalue weighted by atomic mass is 9.79. The quantitative estimate of drug-likeness (QED) is 0.382. The molecule has 1 saturated heterocycles. The van der Waals surface area contributed by atoms with Gasteiger partial charge in [-0.1, -0.05) is 19.3 Å². The molecule has 1 aliphatic heterocycles. The largest absolute Gasteiger partial charge is 0.444 e. The van der Waals surface area contributed by atoms with Gasteiger partial charge in [-0.15, -0.1) is 0 Å². The number of likely N-dealkylation sites (tertiary alicyclic amines) is 1. The highest BCUT2D eigenvalue weighted by Gasteiger charge is 2.45. The Balaban J connectivity index is 1.61. The Bertz CT molecular complexity index is 1050. The number of amides is 2. The summed E-state index contributed by atoms with van der Waals surface area (Å²) < 4.78 is 84.2. The van der Waals surface area contributed by atoms with E-state index in [4.69, 9.17) is 4.74 Å². The molecule has 1 aliphatic carbocycles. The average Bonchev–Trinajstić information content (AvgIpc) is 2.82. The molecule has 1 saturated carbocycles. The zero-order valence-corrected chi connectivity index (χ0v) is 22.9. The van der Waals surface area contributed by atoms with Crippen LogP contribution < -0.4 is 5.32 Å². The molecular weight excluding hydrogens is 542 g/mol. The molecule has 1 aromatic rings. The Labute approximate surface area is 229 Å². The lowest BCUT2D eigenvalue weighted by molar-refractivity contribution is -0.143. The van der Waals surface area contributed by atoms with Crippen LogP contribution in [-0.2, 0) is 33.1 Å². The number of benzene rings is 1. The highest BCUT2D eigenvalue weighted by Crippen LogP contribution is 2.37. The van der Waals surface area contributed by atoms with E-state index in [9.17, 15) is 40.7 Å². The summed E-state index contributed by atoms with van der Waals surface area (Å²) in [5.74, 6) is -0.829. The summed E-state index contributed by atoms with van der Waals surface area (Å²) in [5, 5.41) is 2.82. The van der Waals surface area contributed by atoms with Crippen molar-refractivity contribution in [2.75, 3.05) is 13.1 Å². The summed E-state index contributed by atoms with van der Waals surface area (Å²) in [7, 11) is 0. The van der Waals surface area contributed by atoms with Gasteiger partial charge in [-0.05, 0) is 76.1 Å². The third kappa shape index (κ3) is 8.60. The maximum Gasteiger partial charge on any atom is 0.416 e. The number of nitrogens with zero attached hydrogens (tertiary/aromatic N) is 1. The van der Waals surface area contributed by atoms with Gasteiger partial charge in [0.25, 0.3) is 0 Å². The Hall–Kier alpha value is -2.79. The lowest BCUT2D eigenvalue weighted by Crippen LogP contribution is -2.62. The fourth-order valence-electron chi connectivity index (χ4n) is 5.43. The van der Waals surface area contributed by atoms with Crippen LogP contribution in [0, 0.1) is 5.92 Å². The van der Waals surface area contributed by atoms with E-state index in [1.165, 1.54) is 0 Å². The molecule has 0 unspecified atom stereocenters. The Morgan fingerprint density at radius 1 is 0.900 bits per heavy atom. The summed E-state index contributed by atoms with van der Waals surface area (Å²) >= 11 is 0. The van der Waals surface area contributed by atoms with Crippen molar-refractivity contribution in [3.63, 3.8) is 0 Å². The molecule has 224 valence electrons. The molecule has 2 aliphatic rings. The molecule has 12 heteroatoms. The topological polar surface area (TPSA) is 75.7 Å². The number of hydrogen-bond acceptors (Lipinski definition) is 4. The molecule has 0 aromatic heterocycles. The number of Topliss-reactive ketones (excluding diaryl/α,β-unsaturated/α-hetero) is 1. The summed E-state index contributed by atoms with van der Waals surface area (Å²) in [5.41, 5.74) is -5.03. The number of nitrogens with one attached hydrogen (secondary N) is 1. The highest BCUT2D eigenvalue weighted by atomic mass is 19.4. The molecule has 0 atom stereocenters. The van der Waals surface area contributed by atoms with Crippen LogP contribution in [0.4, 0.5) is 31.1 Å². The van der Waals surface area contributed by atoms with Gasteiger partial charge >= 0.3 is 18.4 Å². The van der Waals surface area contributed by atoms with Gasteiger partial charge in [0.2, 0.25) is 5.91 Å². The minimum Gasteiger partial charge on any atom is -0.444 e. The molecule has 2 fully saturated rings. The molecule has 40 heavy (non-hydrogen) atoms. The number of hydrogen-bond donors (Lipinski definition) is 1. The van der Waals surface area contributed by atoms with Crippen LogP contribution in [0.1, 0.15) is 88.8 Å². The molecule has 1 aromatic carbocycles. The third-order valence-electron chi connectivity index (χ3n) is 7.32. The fraction of sp³-hybridized carbons (Fsp3) is 0.679. The first-order valence-electron chi connectivity index (χ1n) is 13.5. The first-order valence-corrected chi connectivity index (χ1v) is 13.5. The number of carbonyl (C=O) groups excluding carboxylic acids is 3. The van der Waals surface area contributed by atoms with Crippen LogP contribution in [0.5, 0.6) is 0 Å². The van der Waals surface area contributed by atoms with Crippen molar-refractivity contribution >= 4 is 17.8 Å². The second-order valence-corrected chi connectivity index (χ2v) is 11.8. The number of ether oxygens (including phenoxy) is 1. The first-order chi connectivity index (χ1) is 18.4. The molecular formula is C28H36F6N2O4. The van der Waals surface area contributed by atoms with Gasteiger partial charge in [0.15, 0.2) is 0 Å². The standard InChI is InChI=1S/C28H36F6N2O4/c1-25(2,3)40-24(39)35-26(9-5-4-6-10-26)23(38)36-11-7-18(8-12-36)15-22(37)16-19-13-20(27(29,30)31)17-21(14-19)28(32,33)34/h13-14,17-18H,4-12,15-16H2,1-3H3,(H,35,39). The second-order valence-electron chi connectivity index (χ2n) is 11.8. The Morgan fingerprint density at radius 2 is 1.43 bits per heavy atom. The van der Waals surface area contributed by atoms with Gasteiger partial charge in [0, 0.05) is 25.9 Å². The van der Waals surface area contributed by atoms with Crippen molar-refractivity contribution < 1.29 is 45.5 Å². The predicted molar refractivity (Wildman–Crippen MR) is 134 cm³/mol. The van der Waals surface area contributed by atoms with Gasteiger partial charge in [-0.25, -0.2) is 4.79 Å². The van der Waals surface area contributed by atoms with E-state index in [0.717, 1.165) is 19.3 Å². The minimum atomic E-state index is -4.98. The van der Waals surface area contributed by atoms with Crippen LogP contribution in [0.2, 0.25) is 0 Å². The van der Waals surface area contributed by atoms with E-state index in [2.05, 4.69) is 5.32 Å². The average molecular weight is 579 g/mol. The molecule has 1 heterocycles. The van der Waals surface area contributed by atoms with Crippen molar-refractivity contribution in [1.29, 1.82) is 0 Å². The number of halogens is 6. The monoisotopic (exact) mass is 578 g/mol. The van der Waals surface area contributed by atoms with E-state index >= 15 is 0 Å². The van der Waals surface area contributed by atoms with Gasteiger partial charge in [-0.3, -0.25) is 9.59 Å². The van der Waals surface area contributed by atoms with Crippen LogP contribution in [-0.4, -0.2) is 46.9 Å². The second kappa shape index (κ2) is 12.0. The number of rotatable bonds is 6. The van der Waals surface area contributed by atoms with E-state index < -0.39 is 52.9 Å². The molecule has 3 rings (SSSR count). The Morgan fingerprint density at radius 3 is 1.90 bits per heavy atom. The maximum absolute atomic E-state index is 13.6. The van der Waals surface area contributed by atoms with Crippen molar-refractivity contribution in [1.82, 2.24) is 10.2 Å². The van der Waals surface area contributed by atoms with Crippen LogP contribution in [0.3, 0.4) is 0 Å². The van der Waals surface area contributed by atoms with Gasteiger partial charge < -0.3 is 15.0 Å². The zero-order chi connectivity index (χ0) is 29.9. The number of alkyl halides is 6.